The van der Waals surface area contributed by atoms with Crippen LogP contribution in [0.2, 0.25) is 0 Å². The molecular weight excluding hydrogens is 434 g/mol. The number of carbonyl (C=O) groups excluding carboxylic acids is 1. The van der Waals surface area contributed by atoms with Crippen molar-refractivity contribution in [1.82, 2.24) is 4.90 Å². The number of benzene rings is 3. The second-order valence-corrected chi connectivity index (χ2v) is 9.03. The molecule has 3 aromatic rings. The quantitative estimate of drug-likeness (QED) is 0.250. The van der Waals surface area contributed by atoms with Crippen molar-refractivity contribution in [2.75, 3.05) is 26.2 Å². The highest BCUT2D eigenvalue weighted by molar-refractivity contribution is 5.83. The lowest BCUT2D eigenvalue weighted by Gasteiger charge is -2.18. The molecule has 35 heavy (non-hydrogen) atoms. The van der Waals surface area contributed by atoms with Gasteiger partial charge in [-0.1, -0.05) is 67.1 Å². The Balaban J connectivity index is 1.59. The zero-order valence-electron chi connectivity index (χ0n) is 20.8. The van der Waals surface area contributed by atoms with Gasteiger partial charge in [-0.2, -0.15) is 0 Å². The third-order valence-corrected chi connectivity index (χ3v) is 6.46. The third-order valence-electron chi connectivity index (χ3n) is 6.46. The maximum Gasteiger partial charge on any atom is 0.308 e. The lowest BCUT2D eigenvalue weighted by atomic mass is 9.88. The molecule has 1 saturated heterocycles. The van der Waals surface area contributed by atoms with Gasteiger partial charge in [0.05, 0.1) is 0 Å². The lowest BCUT2D eigenvalue weighted by Crippen LogP contribution is -2.25. The molecule has 0 atom stereocenters. The fourth-order valence-electron chi connectivity index (χ4n) is 4.68. The number of hydrogen-bond donors (Lipinski definition) is 0. The fraction of sp³-hybridized carbons (Fsp3) is 0.323. The molecule has 4 rings (SSSR count). The van der Waals surface area contributed by atoms with E-state index in [1.165, 1.54) is 49.6 Å². The second kappa shape index (κ2) is 12.4. The van der Waals surface area contributed by atoms with Gasteiger partial charge in [0.1, 0.15) is 18.1 Å². The zero-order chi connectivity index (χ0) is 24.5. The Morgan fingerprint density at radius 1 is 0.829 bits per heavy atom. The van der Waals surface area contributed by atoms with E-state index in [9.17, 15) is 4.79 Å². The first-order chi connectivity index (χ1) is 17.1. The van der Waals surface area contributed by atoms with Gasteiger partial charge in [-0.25, -0.2) is 0 Å². The summed E-state index contributed by atoms with van der Waals surface area (Å²) in [6.07, 6.45) is 4.42. The predicted octanol–water partition coefficient (Wildman–Crippen LogP) is 6.54. The van der Waals surface area contributed by atoms with Crippen LogP contribution < -0.4 is 9.47 Å². The van der Waals surface area contributed by atoms with Gasteiger partial charge in [0.2, 0.25) is 0 Å². The van der Waals surface area contributed by atoms with Crippen LogP contribution >= 0.6 is 0 Å². The van der Waals surface area contributed by atoms with Gasteiger partial charge in [0.15, 0.2) is 0 Å². The molecule has 182 valence electrons. The Morgan fingerprint density at radius 2 is 1.43 bits per heavy atom. The highest BCUT2D eigenvalue weighted by Gasteiger charge is 2.14. The van der Waals surface area contributed by atoms with Crippen molar-refractivity contribution in [3.63, 3.8) is 0 Å². The second-order valence-electron chi connectivity index (χ2n) is 9.03. The molecule has 4 heteroatoms. The van der Waals surface area contributed by atoms with Crippen LogP contribution in [-0.4, -0.2) is 37.1 Å². The van der Waals surface area contributed by atoms with Crippen molar-refractivity contribution in [1.29, 1.82) is 0 Å². The van der Waals surface area contributed by atoms with Crippen LogP contribution in [0.15, 0.2) is 84.4 Å². The largest absolute Gasteiger partial charge is 0.492 e. The van der Waals surface area contributed by atoms with Crippen LogP contribution in [0, 0.1) is 0 Å². The molecule has 0 amide bonds. The molecule has 0 saturated carbocycles. The Morgan fingerprint density at radius 3 is 2.00 bits per heavy atom. The van der Waals surface area contributed by atoms with Gasteiger partial charge in [-0.3, -0.25) is 9.69 Å². The molecule has 1 aliphatic heterocycles. The smallest absolute Gasteiger partial charge is 0.308 e. The van der Waals surface area contributed by atoms with Crippen LogP contribution in [0.3, 0.4) is 0 Å². The van der Waals surface area contributed by atoms with E-state index in [1.54, 1.807) is 0 Å². The maximum absolute atomic E-state index is 11.3. The van der Waals surface area contributed by atoms with Crippen molar-refractivity contribution >= 4 is 11.5 Å². The first-order valence-corrected chi connectivity index (χ1v) is 12.6. The third kappa shape index (κ3) is 7.06. The van der Waals surface area contributed by atoms with E-state index in [0.29, 0.717) is 12.4 Å². The molecule has 0 radical (unpaired) electrons. The molecule has 4 nitrogen and oxygen atoms in total. The van der Waals surface area contributed by atoms with Gasteiger partial charge in [0, 0.05) is 13.5 Å². The summed E-state index contributed by atoms with van der Waals surface area (Å²) in [7, 11) is 0. The standard InChI is InChI=1S/C31H35NO3/c1-3-26(23-25-9-5-4-6-10-25)31(28-13-17-30(18-14-28)35-24(2)33)27-11-15-29(16-12-27)34-22-21-32-19-7-8-20-32/h4-6,9-18H,3,7-8,19-23H2,1-2H3/b31-26-. The Hall–Kier alpha value is -3.37. The monoisotopic (exact) mass is 469 g/mol. The van der Waals surface area contributed by atoms with Crippen molar-refractivity contribution in [3.8, 4) is 11.5 Å². The van der Waals surface area contributed by atoms with Gasteiger partial charge in [0.25, 0.3) is 0 Å². The number of ether oxygens (including phenoxy) is 2. The van der Waals surface area contributed by atoms with Gasteiger partial charge in [-0.15, -0.1) is 0 Å². The molecular formula is C31H35NO3. The summed E-state index contributed by atoms with van der Waals surface area (Å²) in [5, 5.41) is 0. The first kappa shape index (κ1) is 24.7. The molecule has 0 bridgehead atoms. The average Bonchev–Trinajstić information content (AvgIpc) is 3.39. The highest BCUT2D eigenvalue weighted by Crippen LogP contribution is 2.32. The summed E-state index contributed by atoms with van der Waals surface area (Å²) < 4.78 is 11.3. The normalized spacial score (nSPS) is 14.5. The Bertz CT molecular complexity index is 1110. The van der Waals surface area contributed by atoms with Crippen molar-refractivity contribution in [2.24, 2.45) is 0 Å². The summed E-state index contributed by atoms with van der Waals surface area (Å²) in [6, 6.07) is 26.8. The van der Waals surface area contributed by atoms with E-state index in [0.717, 1.165) is 36.3 Å². The van der Waals surface area contributed by atoms with Crippen molar-refractivity contribution < 1.29 is 14.3 Å². The Labute approximate surface area is 209 Å². The summed E-state index contributed by atoms with van der Waals surface area (Å²) >= 11 is 0. The van der Waals surface area contributed by atoms with E-state index in [4.69, 9.17) is 9.47 Å². The summed E-state index contributed by atoms with van der Waals surface area (Å²) in [5.74, 6) is 1.15. The minimum absolute atomic E-state index is 0.313. The van der Waals surface area contributed by atoms with Crippen molar-refractivity contribution in [2.45, 2.75) is 39.5 Å². The first-order valence-electron chi connectivity index (χ1n) is 12.6. The Kier molecular flexibility index (Phi) is 8.74. The molecule has 0 N–H and O–H groups in total. The minimum atomic E-state index is -0.313. The lowest BCUT2D eigenvalue weighted by molar-refractivity contribution is -0.131. The minimum Gasteiger partial charge on any atom is -0.492 e. The SMILES string of the molecule is CC/C(Cc1ccccc1)=C(\c1ccc(OCCN2CCCC2)cc1)c1ccc(OC(C)=O)cc1. The summed E-state index contributed by atoms with van der Waals surface area (Å²) in [4.78, 5) is 13.8. The highest BCUT2D eigenvalue weighted by atomic mass is 16.5. The van der Waals surface area contributed by atoms with Gasteiger partial charge in [-0.05, 0) is 85.3 Å². The van der Waals surface area contributed by atoms with Crippen molar-refractivity contribution in [3.05, 3.63) is 101 Å². The number of carbonyl (C=O) groups is 1. The van der Waals surface area contributed by atoms with Crippen LogP contribution in [0.5, 0.6) is 11.5 Å². The maximum atomic E-state index is 11.3. The van der Waals surface area contributed by atoms with E-state index in [2.05, 4.69) is 66.4 Å². The number of hydrogen-bond acceptors (Lipinski definition) is 4. The van der Waals surface area contributed by atoms with E-state index >= 15 is 0 Å². The summed E-state index contributed by atoms with van der Waals surface area (Å²) in [5.41, 5.74) is 6.13. The average molecular weight is 470 g/mol. The number of nitrogens with zero attached hydrogens (tertiary/aromatic N) is 1. The number of allylic oxidation sites excluding steroid dienone is 1. The van der Waals surface area contributed by atoms with E-state index < -0.39 is 0 Å². The molecule has 1 heterocycles. The predicted molar refractivity (Wildman–Crippen MR) is 142 cm³/mol. The molecule has 1 aliphatic rings. The van der Waals surface area contributed by atoms with Crippen LogP contribution in [-0.2, 0) is 11.2 Å². The molecule has 3 aromatic carbocycles. The van der Waals surface area contributed by atoms with Crippen LogP contribution in [0.4, 0.5) is 0 Å². The van der Waals surface area contributed by atoms with Gasteiger partial charge < -0.3 is 9.47 Å². The van der Waals surface area contributed by atoms with E-state index in [-0.39, 0.29) is 5.97 Å². The van der Waals surface area contributed by atoms with Crippen LogP contribution in [0.1, 0.15) is 49.8 Å². The van der Waals surface area contributed by atoms with Crippen LogP contribution in [0.25, 0.3) is 5.57 Å². The van der Waals surface area contributed by atoms with E-state index in [1.807, 2.05) is 24.3 Å². The molecule has 0 unspecified atom stereocenters. The number of likely N-dealkylation sites (tertiary alicyclic amines) is 1. The van der Waals surface area contributed by atoms with Gasteiger partial charge >= 0.3 is 5.97 Å². The molecule has 0 spiro atoms. The number of esters is 1. The fourth-order valence-corrected chi connectivity index (χ4v) is 4.68. The zero-order valence-corrected chi connectivity index (χ0v) is 20.8. The topological polar surface area (TPSA) is 38.8 Å². The molecule has 0 aromatic heterocycles. The summed E-state index contributed by atoms with van der Waals surface area (Å²) in [6.45, 7) is 7.71. The molecule has 0 aliphatic carbocycles. The molecule has 1 fully saturated rings. The number of rotatable bonds is 10.